The molecule has 0 saturated heterocycles. The second kappa shape index (κ2) is 10.7. The number of benzene rings is 4. The lowest BCUT2D eigenvalue weighted by Crippen LogP contribution is -2.14. The number of hydrogen-bond donors (Lipinski definition) is 0. The monoisotopic (exact) mass is 579 g/mol. The van der Waals surface area contributed by atoms with Gasteiger partial charge in [-0.15, -0.1) is 0 Å². The zero-order valence-electron chi connectivity index (χ0n) is 25.0. The van der Waals surface area contributed by atoms with E-state index in [1.54, 1.807) is 0 Å². The summed E-state index contributed by atoms with van der Waals surface area (Å²) in [6.45, 7) is 4.58. The first kappa shape index (κ1) is 26.8. The van der Waals surface area contributed by atoms with Crippen molar-refractivity contribution < 1.29 is 0 Å². The van der Waals surface area contributed by atoms with Crippen molar-refractivity contribution in [3.8, 4) is 67.5 Å². The molecule has 0 atom stereocenters. The largest absolute Gasteiger partial charge is 0.265 e. The third-order valence-corrected chi connectivity index (χ3v) is 8.80. The SMILES string of the molecule is CC1(C)c2ccccc2-c2c(-c3nc(-c4ccc(-c5ccncc5)cc4)nc(-c4ccc(-c5ccncc5)cc4)n3)cccc21. The van der Waals surface area contributed by atoms with Crippen LogP contribution in [-0.4, -0.2) is 24.9 Å². The maximum atomic E-state index is 5.13. The summed E-state index contributed by atoms with van der Waals surface area (Å²) in [6.07, 6.45) is 7.24. The van der Waals surface area contributed by atoms with E-state index in [1.165, 1.54) is 22.3 Å². The minimum atomic E-state index is -0.119. The highest BCUT2D eigenvalue weighted by molar-refractivity contribution is 5.91. The Morgan fingerprint density at radius 1 is 0.378 bits per heavy atom. The smallest absolute Gasteiger partial charge is 0.164 e. The summed E-state index contributed by atoms with van der Waals surface area (Å²) in [5.41, 5.74) is 12.2. The lowest BCUT2D eigenvalue weighted by atomic mass is 9.82. The van der Waals surface area contributed by atoms with Crippen LogP contribution in [0.25, 0.3) is 67.5 Å². The maximum absolute atomic E-state index is 5.13. The summed E-state index contributed by atoms with van der Waals surface area (Å²) in [5.74, 6) is 1.94. The predicted octanol–water partition coefficient (Wildman–Crippen LogP) is 9.30. The Labute approximate surface area is 262 Å². The van der Waals surface area contributed by atoms with Gasteiger partial charge in [-0.1, -0.05) is 105 Å². The third-order valence-electron chi connectivity index (χ3n) is 8.80. The molecule has 0 unspecified atom stereocenters. The molecule has 0 aliphatic heterocycles. The van der Waals surface area contributed by atoms with Crippen LogP contribution in [0.1, 0.15) is 25.0 Å². The van der Waals surface area contributed by atoms with Crippen LogP contribution < -0.4 is 0 Å². The van der Waals surface area contributed by atoms with Gasteiger partial charge in [-0.3, -0.25) is 9.97 Å². The van der Waals surface area contributed by atoms with Crippen LogP contribution in [0.4, 0.5) is 0 Å². The van der Waals surface area contributed by atoms with E-state index in [0.717, 1.165) is 38.9 Å². The normalized spacial score (nSPS) is 12.8. The van der Waals surface area contributed by atoms with Crippen molar-refractivity contribution in [1.82, 2.24) is 24.9 Å². The lowest BCUT2D eigenvalue weighted by molar-refractivity contribution is 0.660. The van der Waals surface area contributed by atoms with Crippen molar-refractivity contribution in [3.63, 3.8) is 0 Å². The Kier molecular flexibility index (Phi) is 6.38. The van der Waals surface area contributed by atoms with Gasteiger partial charge >= 0.3 is 0 Å². The van der Waals surface area contributed by atoms with Gasteiger partial charge in [0.1, 0.15) is 0 Å². The molecule has 0 spiro atoms. The fourth-order valence-corrected chi connectivity index (χ4v) is 6.41. The predicted molar refractivity (Wildman–Crippen MR) is 180 cm³/mol. The average Bonchev–Trinajstić information content (AvgIpc) is 3.35. The zero-order chi connectivity index (χ0) is 30.4. The molecule has 3 heterocycles. The van der Waals surface area contributed by atoms with E-state index >= 15 is 0 Å². The number of pyridine rings is 2. The fraction of sp³-hybridized carbons (Fsp3) is 0.0750. The van der Waals surface area contributed by atoms with Crippen molar-refractivity contribution in [1.29, 1.82) is 0 Å². The van der Waals surface area contributed by atoms with Gasteiger partial charge in [0.15, 0.2) is 17.5 Å². The van der Waals surface area contributed by atoms with Crippen LogP contribution in [0.5, 0.6) is 0 Å². The summed E-state index contributed by atoms with van der Waals surface area (Å²) in [4.78, 5) is 23.6. The minimum absolute atomic E-state index is 0.119. The van der Waals surface area contributed by atoms with E-state index in [-0.39, 0.29) is 5.41 Å². The molecule has 1 aliphatic carbocycles. The summed E-state index contributed by atoms with van der Waals surface area (Å²) in [7, 11) is 0. The van der Waals surface area contributed by atoms with E-state index in [9.17, 15) is 0 Å². The first-order valence-corrected chi connectivity index (χ1v) is 15.1. The van der Waals surface area contributed by atoms with E-state index in [1.807, 2.05) is 49.1 Å². The molecule has 1 aliphatic rings. The van der Waals surface area contributed by atoms with E-state index in [0.29, 0.717) is 17.5 Å². The molecule has 0 amide bonds. The van der Waals surface area contributed by atoms with Crippen molar-refractivity contribution in [2.24, 2.45) is 0 Å². The maximum Gasteiger partial charge on any atom is 0.164 e. The number of hydrogen-bond acceptors (Lipinski definition) is 5. The highest BCUT2D eigenvalue weighted by Crippen LogP contribution is 2.51. The van der Waals surface area contributed by atoms with Crippen molar-refractivity contribution in [2.75, 3.05) is 0 Å². The van der Waals surface area contributed by atoms with Gasteiger partial charge in [0.05, 0.1) is 0 Å². The van der Waals surface area contributed by atoms with Gasteiger partial charge < -0.3 is 0 Å². The van der Waals surface area contributed by atoms with Gasteiger partial charge in [-0.2, -0.15) is 0 Å². The first-order valence-electron chi connectivity index (χ1n) is 15.1. The fourth-order valence-electron chi connectivity index (χ4n) is 6.41. The van der Waals surface area contributed by atoms with Crippen LogP contribution >= 0.6 is 0 Å². The van der Waals surface area contributed by atoms with Gasteiger partial charge in [-0.05, 0) is 68.8 Å². The van der Waals surface area contributed by atoms with Gasteiger partial charge in [-0.25, -0.2) is 15.0 Å². The van der Waals surface area contributed by atoms with Crippen LogP contribution in [0.15, 0.2) is 140 Å². The molecular formula is C40H29N5. The van der Waals surface area contributed by atoms with Gasteiger partial charge in [0, 0.05) is 46.9 Å². The average molecular weight is 580 g/mol. The molecule has 7 aromatic rings. The van der Waals surface area contributed by atoms with Crippen molar-refractivity contribution in [2.45, 2.75) is 19.3 Å². The van der Waals surface area contributed by atoms with Crippen LogP contribution in [0, 0.1) is 0 Å². The third kappa shape index (κ3) is 4.70. The Morgan fingerprint density at radius 3 is 1.36 bits per heavy atom. The zero-order valence-corrected chi connectivity index (χ0v) is 25.0. The molecular weight excluding hydrogens is 550 g/mol. The van der Waals surface area contributed by atoms with Crippen molar-refractivity contribution in [3.05, 3.63) is 151 Å². The molecule has 0 fully saturated rings. The Morgan fingerprint density at radius 2 is 0.800 bits per heavy atom. The minimum Gasteiger partial charge on any atom is -0.265 e. The van der Waals surface area contributed by atoms with Gasteiger partial charge in [0.2, 0.25) is 0 Å². The summed E-state index contributed by atoms with van der Waals surface area (Å²) in [5, 5.41) is 0. The Bertz CT molecular complexity index is 2050. The number of fused-ring (bicyclic) bond motifs is 3. The van der Waals surface area contributed by atoms with E-state index in [2.05, 4.69) is 115 Å². The number of rotatable bonds is 5. The first-order chi connectivity index (χ1) is 22.1. The highest BCUT2D eigenvalue weighted by Gasteiger charge is 2.37. The molecule has 0 N–H and O–H groups in total. The van der Waals surface area contributed by atoms with Crippen LogP contribution in [0.2, 0.25) is 0 Å². The molecule has 214 valence electrons. The Hall–Kier alpha value is -5.81. The highest BCUT2D eigenvalue weighted by atomic mass is 15.0. The molecule has 8 rings (SSSR count). The topological polar surface area (TPSA) is 64.5 Å². The van der Waals surface area contributed by atoms with E-state index < -0.39 is 0 Å². The molecule has 0 bridgehead atoms. The second-order valence-electron chi connectivity index (χ2n) is 11.8. The molecule has 0 radical (unpaired) electrons. The molecule has 5 heteroatoms. The quantitative estimate of drug-likeness (QED) is 0.203. The number of nitrogens with zero attached hydrogens (tertiary/aromatic N) is 5. The molecule has 3 aromatic heterocycles. The Balaban J connectivity index is 1.29. The second-order valence-corrected chi connectivity index (χ2v) is 11.8. The molecule has 5 nitrogen and oxygen atoms in total. The molecule has 45 heavy (non-hydrogen) atoms. The summed E-state index contributed by atoms with van der Waals surface area (Å²) >= 11 is 0. The molecule has 4 aromatic carbocycles. The van der Waals surface area contributed by atoms with Gasteiger partial charge in [0.25, 0.3) is 0 Å². The van der Waals surface area contributed by atoms with Crippen molar-refractivity contribution >= 4 is 0 Å². The number of aromatic nitrogens is 5. The summed E-state index contributed by atoms with van der Waals surface area (Å²) in [6, 6.07) is 40.0. The van der Waals surface area contributed by atoms with Crippen LogP contribution in [-0.2, 0) is 5.41 Å². The van der Waals surface area contributed by atoms with Crippen LogP contribution in [0.3, 0.4) is 0 Å². The van der Waals surface area contributed by atoms with E-state index in [4.69, 9.17) is 15.0 Å². The molecule has 0 saturated carbocycles. The standard InChI is InChI=1S/C40H29N5/c1-40(2)34-8-4-3-6-32(34)36-33(7-5-9-35(36)40)39-44-37(30-14-10-26(11-15-30)28-18-22-41-23-19-28)43-38(45-39)31-16-12-27(13-17-31)29-20-24-42-25-21-29/h3-25H,1-2H3. The lowest BCUT2D eigenvalue weighted by Gasteiger charge is -2.21. The summed E-state index contributed by atoms with van der Waals surface area (Å²) < 4.78 is 0.